The normalized spacial score (nSPS) is 14.5. The van der Waals surface area contributed by atoms with Crippen LogP contribution in [0, 0.1) is 0 Å². The van der Waals surface area contributed by atoms with E-state index in [1.807, 2.05) is 39.4 Å². The Morgan fingerprint density at radius 3 is 1.34 bits per heavy atom. The molecule has 0 spiro atoms. The molecule has 0 aromatic rings. The average Bonchev–Trinajstić information content (AvgIpc) is 3.35. The van der Waals surface area contributed by atoms with E-state index in [4.69, 9.17) is 13.8 Å². The molecule has 0 aliphatic carbocycles. The van der Waals surface area contributed by atoms with E-state index in [9.17, 15) is 19.0 Å². The van der Waals surface area contributed by atoms with Crippen LogP contribution in [-0.2, 0) is 27.9 Å². The maximum atomic E-state index is 13.5. The Hall–Kier alpha value is -3.07. The second-order valence-corrected chi connectivity index (χ2v) is 22.2. The van der Waals surface area contributed by atoms with Gasteiger partial charge in [-0.1, -0.05) is 227 Å². The lowest BCUT2D eigenvalue weighted by Crippen LogP contribution is -2.47. The number of hydrogen-bond donors (Lipinski definition) is 2. The van der Waals surface area contributed by atoms with Gasteiger partial charge in [0.15, 0.2) is 0 Å². The van der Waals surface area contributed by atoms with Crippen LogP contribution < -0.4 is 5.32 Å². The molecule has 0 rings (SSSR count). The van der Waals surface area contributed by atoms with Gasteiger partial charge in [-0.2, -0.15) is 0 Å². The molecule has 3 atom stereocenters. The van der Waals surface area contributed by atoms with Crippen molar-refractivity contribution in [1.82, 2.24) is 5.32 Å². The molecule has 9 nitrogen and oxygen atoms in total. The molecule has 0 aromatic heterocycles. The lowest BCUT2D eigenvalue weighted by atomic mass is 10.1. The number of likely N-dealkylation sites (N-methyl/N-ethyl adjacent to an activating group) is 1. The highest BCUT2D eigenvalue weighted by molar-refractivity contribution is 7.47. The van der Waals surface area contributed by atoms with Crippen LogP contribution in [0.5, 0.6) is 0 Å². The Balaban J connectivity index is 5.28. The fraction of sp³-hybridized carbons (Fsp3) is 0.714. The van der Waals surface area contributed by atoms with E-state index in [0.717, 1.165) is 96.3 Å². The second kappa shape index (κ2) is 52.4. The Kier molecular flexibility index (Phi) is 50.2. The molecule has 420 valence electrons. The number of ether oxygens (including phenoxy) is 1. The third-order valence-electron chi connectivity index (χ3n) is 12.5. The van der Waals surface area contributed by atoms with E-state index in [1.165, 1.54) is 103 Å². The van der Waals surface area contributed by atoms with Gasteiger partial charge < -0.3 is 19.4 Å². The maximum absolute atomic E-state index is 13.5. The van der Waals surface area contributed by atoms with Gasteiger partial charge in [0.25, 0.3) is 0 Å². The number of amides is 1. The number of nitrogens with zero attached hydrogens (tertiary/aromatic N) is 1. The van der Waals surface area contributed by atoms with Gasteiger partial charge in [0, 0.05) is 12.8 Å². The summed E-state index contributed by atoms with van der Waals surface area (Å²) >= 11 is 0. The van der Waals surface area contributed by atoms with Crippen LogP contribution in [0.3, 0.4) is 0 Å². The lowest BCUT2D eigenvalue weighted by Gasteiger charge is -2.27. The Bertz CT molecular complexity index is 1570. The molecule has 3 unspecified atom stereocenters. The summed E-state index contributed by atoms with van der Waals surface area (Å²) in [7, 11) is 1.45. The van der Waals surface area contributed by atoms with Crippen molar-refractivity contribution in [1.29, 1.82) is 0 Å². The number of quaternary nitrogens is 1. The standard InChI is InChI=1S/C63H111N2O7P/c1-7-10-13-16-19-22-25-27-28-29-30-31-32-33-34-35-36-38-40-43-46-49-52-55-62(66)64-60(59-71-73(68,69)70-58-57-65(4,5)6)61(54-51-48-45-42-39-24-21-18-15-12-9-3)72-63(67)56-53-50-47-44-41-37-26-23-20-17-14-11-8-2/h10,13,19,22,27-28,30-31,33-34,37,41,47,50-51,54,60-61H,7-9,11-12,14-18,20-21,23-26,29,32,35-36,38-40,42-46,48-49,52-53,55-59H2,1-6H3,(H-,64,66,68,69)/p+1/b13-10-,22-19-,28-27-,31-30-,34-33-,41-37-,50-47+,54-51-. The van der Waals surface area contributed by atoms with Gasteiger partial charge in [-0.3, -0.25) is 18.6 Å². The molecule has 0 aliphatic rings. The molecule has 0 aromatic carbocycles. The number of allylic oxidation sites excluding steroid dienone is 15. The minimum atomic E-state index is -4.46. The van der Waals surface area contributed by atoms with Crippen LogP contribution in [0.1, 0.15) is 239 Å². The highest BCUT2D eigenvalue weighted by atomic mass is 31.2. The fourth-order valence-corrected chi connectivity index (χ4v) is 8.70. The molecule has 73 heavy (non-hydrogen) atoms. The highest BCUT2D eigenvalue weighted by Crippen LogP contribution is 2.43. The van der Waals surface area contributed by atoms with Gasteiger partial charge in [0.1, 0.15) is 19.3 Å². The summed E-state index contributed by atoms with van der Waals surface area (Å²) in [6.07, 6.45) is 69.9. The zero-order chi connectivity index (χ0) is 53.6. The molecular weight excluding hydrogens is 928 g/mol. The number of hydrogen-bond acceptors (Lipinski definition) is 6. The minimum Gasteiger partial charge on any atom is -0.456 e. The Labute approximate surface area is 449 Å². The molecule has 0 heterocycles. The summed E-state index contributed by atoms with van der Waals surface area (Å²) in [5, 5.41) is 3.03. The van der Waals surface area contributed by atoms with Crippen LogP contribution in [0.4, 0.5) is 0 Å². The largest absolute Gasteiger partial charge is 0.472 e. The van der Waals surface area contributed by atoms with Gasteiger partial charge in [-0.25, -0.2) is 4.57 Å². The zero-order valence-electron chi connectivity index (χ0n) is 47.8. The first-order chi connectivity index (χ1) is 35.4. The summed E-state index contributed by atoms with van der Waals surface area (Å²) in [5.74, 6) is -0.602. The molecule has 0 bridgehead atoms. The van der Waals surface area contributed by atoms with Crippen molar-refractivity contribution in [2.75, 3.05) is 40.9 Å². The van der Waals surface area contributed by atoms with Crippen LogP contribution in [0.2, 0.25) is 0 Å². The third-order valence-corrected chi connectivity index (χ3v) is 13.5. The van der Waals surface area contributed by atoms with Gasteiger partial charge in [0.05, 0.1) is 33.8 Å². The SMILES string of the molecule is CC/C=C\C/C=C\C/C=C\C/C=C\C/C=C\CCCCCCCCCC(=O)NC(COP(=O)(O)OCC[N+](C)(C)C)C(/C=C\CCCCCCCCCCC)OC(=O)CC/C=C/C/C=C\CCCCCCCC. The quantitative estimate of drug-likeness (QED) is 0.0205. The van der Waals surface area contributed by atoms with Crippen LogP contribution in [-0.4, -0.2) is 74.3 Å². The Morgan fingerprint density at radius 1 is 0.493 bits per heavy atom. The summed E-state index contributed by atoms with van der Waals surface area (Å²) in [4.78, 5) is 37.5. The summed E-state index contributed by atoms with van der Waals surface area (Å²) in [6, 6.07) is -0.881. The molecule has 0 saturated carbocycles. The van der Waals surface area contributed by atoms with Gasteiger partial charge in [-0.05, 0) is 96.0 Å². The molecular formula is C63H112N2O7P+. The van der Waals surface area contributed by atoms with Crippen molar-refractivity contribution >= 4 is 19.7 Å². The molecule has 0 fully saturated rings. The summed E-state index contributed by atoms with van der Waals surface area (Å²) in [5.41, 5.74) is 0. The zero-order valence-corrected chi connectivity index (χ0v) is 48.7. The number of rotatable bonds is 52. The van der Waals surface area contributed by atoms with E-state index >= 15 is 0 Å². The van der Waals surface area contributed by atoms with Crippen molar-refractivity contribution in [3.05, 3.63) is 97.2 Å². The number of esters is 1. The predicted octanol–water partition coefficient (Wildman–Crippen LogP) is 18.0. The first kappa shape index (κ1) is 69.9. The molecule has 1 amide bonds. The monoisotopic (exact) mass is 1040 g/mol. The van der Waals surface area contributed by atoms with E-state index in [1.54, 1.807) is 0 Å². The average molecular weight is 1040 g/mol. The van der Waals surface area contributed by atoms with Crippen LogP contribution in [0.25, 0.3) is 0 Å². The van der Waals surface area contributed by atoms with Crippen LogP contribution >= 0.6 is 7.82 Å². The maximum Gasteiger partial charge on any atom is 0.472 e. The predicted molar refractivity (Wildman–Crippen MR) is 314 cm³/mol. The van der Waals surface area contributed by atoms with Crippen molar-refractivity contribution in [2.24, 2.45) is 0 Å². The number of nitrogens with one attached hydrogen (secondary N) is 1. The second-order valence-electron chi connectivity index (χ2n) is 20.8. The third kappa shape index (κ3) is 53.6. The van der Waals surface area contributed by atoms with E-state index in [-0.39, 0.29) is 25.5 Å². The summed E-state index contributed by atoms with van der Waals surface area (Å²) in [6.45, 7) is 6.82. The fourth-order valence-electron chi connectivity index (χ4n) is 7.96. The summed E-state index contributed by atoms with van der Waals surface area (Å²) < 4.78 is 30.5. The van der Waals surface area contributed by atoms with Gasteiger partial charge in [0.2, 0.25) is 5.91 Å². The van der Waals surface area contributed by atoms with Crippen molar-refractivity contribution < 1.29 is 37.3 Å². The van der Waals surface area contributed by atoms with Crippen LogP contribution in [0.15, 0.2) is 97.2 Å². The highest BCUT2D eigenvalue weighted by Gasteiger charge is 2.30. The van der Waals surface area contributed by atoms with E-state index in [2.05, 4.69) is 105 Å². The molecule has 0 saturated heterocycles. The van der Waals surface area contributed by atoms with E-state index in [0.29, 0.717) is 23.9 Å². The minimum absolute atomic E-state index is 0.0259. The number of phosphoric acid groups is 1. The number of carbonyl (C=O) groups excluding carboxylic acids is 2. The molecule has 0 radical (unpaired) electrons. The number of carbonyl (C=O) groups is 2. The van der Waals surface area contributed by atoms with Crippen molar-refractivity contribution in [3.63, 3.8) is 0 Å². The lowest BCUT2D eigenvalue weighted by molar-refractivity contribution is -0.870. The van der Waals surface area contributed by atoms with Gasteiger partial charge in [-0.15, -0.1) is 0 Å². The Morgan fingerprint density at radius 2 is 0.890 bits per heavy atom. The molecule has 0 aliphatic heterocycles. The van der Waals surface area contributed by atoms with E-state index < -0.39 is 25.9 Å². The number of phosphoric ester groups is 1. The first-order valence-electron chi connectivity index (χ1n) is 29.6. The van der Waals surface area contributed by atoms with Crippen molar-refractivity contribution in [2.45, 2.75) is 251 Å². The number of unbranched alkanes of at least 4 members (excludes halogenated alkanes) is 22. The van der Waals surface area contributed by atoms with Gasteiger partial charge >= 0.3 is 13.8 Å². The van der Waals surface area contributed by atoms with Crippen molar-refractivity contribution in [3.8, 4) is 0 Å². The first-order valence-corrected chi connectivity index (χ1v) is 31.1. The smallest absolute Gasteiger partial charge is 0.456 e. The molecule has 2 N–H and O–H groups in total. The topological polar surface area (TPSA) is 111 Å². The molecule has 10 heteroatoms.